The molecule has 1 aromatic heterocycles. The van der Waals surface area contributed by atoms with Crippen molar-refractivity contribution >= 4 is 16.8 Å². The normalized spacial score (nSPS) is 19.4. The smallest absolute Gasteiger partial charge is 0.254 e. The molecule has 1 aromatic carbocycles. The lowest BCUT2D eigenvalue weighted by molar-refractivity contribution is 0.0767. The molecule has 0 unspecified atom stereocenters. The molecule has 0 saturated carbocycles. The highest BCUT2D eigenvalue weighted by Gasteiger charge is 2.26. The number of aliphatic hydroxyl groups is 1. The number of aromatic nitrogens is 1. The summed E-state index contributed by atoms with van der Waals surface area (Å²) in [5, 5.41) is 10.4. The van der Waals surface area contributed by atoms with Crippen molar-refractivity contribution in [1.29, 1.82) is 0 Å². The average molecular weight is 242 g/mol. The lowest BCUT2D eigenvalue weighted by Crippen LogP contribution is -2.29. The van der Waals surface area contributed by atoms with Gasteiger partial charge in [0.05, 0.1) is 11.6 Å². The number of nitrogens with zero attached hydrogens (tertiary/aromatic N) is 2. The van der Waals surface area contributed by atoms with Gasteiger partial charge in [0.2, 0.25) is 0 Å². The van der Waals surface area contributed by atoms with Crippen LogP contribution in [0, 0.1) is 0 Å². The molecule has 4 nitrogen and oxygen atoms in total. The second kappa shape index (κ2) is 4.38. The van der Waals surface area contributed by atoms with E-state index in [0.717, 1.165) is 10.9 Å². The molecule has 0 aliphatic carbocycles. The first-order valence-corrected chi connectivity index (χ1v) is 6.07. The quantitative estimate of drug-likeness (QED) is 0.823. The number of rotatable bonds is 1. The van der Waals surface area contributed by atoms with E-state index in [4.69, 9.17) is 0 Å². The molecule has 1 aliphatic heterocycles. The number of hydrogen-bond acceptors (Lipinski definition) is 3. The van der Waals surface area contributed by atoms with E-state index >= 15 is 0 Å². The molecule has 0 spiro atoms. The van der Waals surface area contributed by atoms with Gasteiger partial charge in [-0.3, -0.25) is 9.78 Å². The van der Waals surface area contributed by atoms with Gasteiger partial charge in [-0.15, -0.1) is 0 Å². The molecule has 0 bridgehead atoms. The maximum Gasteiger partial charge on any atom is 0.254 e. The van der Waals surface area contributed by atoms with Crippen molar-refractivity contribution in [3.05, 3.63) is 42.1 Å². The standard InChI is InChI=1S/C14H14N2O2/c17-10-6-8-16(9-10)14(18)12-3-1-5-13-11(12)4-2-7-15-13/h1-5,7,10,17H,6,8-9H2/t10-/m0/s1. The largest absolute Gasteiger partial charge is 0.391 e. The Labute approximate surface area is 105 Å². The minimum atomic E-state index is -0.387. The summed E-state index contributed by atoms with van der Waals surface area (Å²) in [6.07, 6.45) is 1.99. The Bertz CT molecular complexity index is 592. The summed E-state index contributed by atoms with van der Waals surface area (Å²) >= 11 is 0. The third kappa shape index (κ3) is 1.84. The Morgan fingerprint density at radius 2 is 2.22 bits per heavy atom. The zero-order chi connectivity index (χ0) is 12.5. The number of carbonyl (C=O) groups excluding carboxylic acids is 1. The Morgan fingerprint density at radius 1 is 1.33 bits per heavy atom. The maximum absolute atomic E-state index is 12.4. The van der Waals surface area contributed by atoms with Crippen LogP contribution in [0.2, 0.25) is 0 Å². The van der Waals surface area contributed by atoms with Gasteiger partial charge in [0.1, 0.15) is 0 Å². The van der Waals surface area contributed by atoms with Crippen molar-refractivity contribution in [2.45, 2.75) is 12.5 Å². The highest BCUT2D eigenvalue weighted by atomic mass is 16.3. The summed E-state index contributed by atoms with van der Waals surface area (Å²) in [6.45, 7) is 1.05. The Kier molecular flexibility index (Phi) is 2.72. The molecule has 2 aromatic rings. The highest BCUT2D eigenvalue weighted by Crippen LogP contribution is 2.20. The number of amides is 1. The van der Waals surface area contributed by atoms with Crippen LogP contribution >= 0.6 is 0 Å². The first-order valence-electron chi connectivity index (χ1n) is 6.07. The summed E-state index contributed by atoms with van der Waals surface area (Å²) in [6, 6.07) is 9.29. The third-order valence-corrected chi connectivity index (χ3v) is 3.33. The van der Waals surface area contributed by atoms with E-state index in [-0.39, 0.29) is 12.0 Å². The molecule has 0 radical (unpaired) electrons. The number of hydrogen-bond donors (Lipinski definition) is 1. The van der Waals surface area contributed by atoms with Gasteiger partial charge >= 0.3 is 0 Å². The van der Waals surface area contributed by atoms with E-state index in [0.29, 0.717) is 25.1 Å². The molecule has 4 heteroatoms. The molecule has 1 aliphatic rings. The van der Waals surface area contributed by atoms with Crippen LogP contribution < -0.4 is 0 Å². The van der Waals surface area contributed by atoms with Crippen LogP contribution in [0.3, 0.4) is 0 Å². The molecule has 1 N–H and O–H groups in total. The molecule has 92 valence electrons. The number of aliphatic hydroxyl groups excluding tert-OH is 1. The fourth-order valence-electron chi connectivity index (χ4n) is 2.39. The lowest BCUT2D eigenvalue weighted by atomic mass is 10.1. The van der Waals surface area contributed by atoms with E-state index in [1.807, 2.05) is 30.3 Å². The molecule has 1 atom stereocenters. The number of likely N-dealkylation sites (tertiary alicyclic amines) is 1. The second-order valence-electron chi connectivity index (χ2n) is 4.57. The van der Waals surface area contributed by atoms with E-state index in [2.05, 4.69) is 4.98 Å². The highest BCUT2D eigenvalue weighted by molar-refractivity contribution is 6.06. The topological polar surface area (TPSA) is 53.4 Å². The minimum Gasteiger partial charge on any atom is -0.391 e. The number of β-amino-alcohol motifs (C(OH)–C–C–N with tert-alkyl or cyclic N) is 1. The van der Waals surface area contributed by atoms with Gasteiger partial charge in [0.15, 0.2) is 0 Å². The SMILES string of the molecule is O=C(c1cccc2ncccc12)N1CC[C@H](O)C1. The van der Waals surface area contributed by atoms with Crippen molar-refractivity contribution in [2.75, 3.05) is 13.1 Å². The zero-order valence-electron chi connectivity index (χ0n) is 9.91. The molecule has 1 fully saturated rings. The van der Waals surface area contributed by atoms with Gasteiger partial charge in [0.25, 0.3) is 5.91 Å². The number of carbonyl (C=O) groups is 1. The van der Waals surface area contributed by atoms with Gasteiger partial charge in [-0.25, -0.2) is 0 Å². The molecule has 1 saturated heterocycles. The van der Waals surface area contributed by atoms with Crippen molar-refractivity contribution in [1.82, 2.24) is 9.88 Å². The fraction of sp³-hybridized carbons (Fsp3) is 0.286. The van der Waals surface area contributed by atoms with Crippen LogP contribution in [0.25, 0.3) is 10.9 Å². The molecule has 3 rings (SSSR count). The summed E-state index contributed by atoms with van der Waals surface area (Å²) in [4.78, 5) is 18.3. The summed E-state index contributed by atoms with van der Waals surface area (Å²) in [7, 11) is 0. The van der Waals surface area contributed by atoms with E-state index in [1.54, 1.807) is 11.1 Å². The first-order chi connectivity index (χ1) is 8.75. The van der Waals surface area contributed by atoms with E-state index in [1.165, 1.54) is 0 Å². The Hall–Kier alpha value is -1.94. The predicted octanol–water partition coefficient (Wildman–Crippen LogP) is 1.44. The van der Waals surface area contributed by atoms with Gasteiger partial charge in [0, 0.05) is 30.2 Å². The van der Waals surface area contributed by atoms with Crippen molar-refractivity contribution in [3.8, 4) is 0 Å². The maximum atomic E-state index is 12.4. The third-order valence-electron chi connectivity index (χ3n) is 3.33. The lowest BCUT2D eigenvalue weighted by Gasteiger charge is -2.16. The van der Waals surface area contributed by atoms with Crippen LogP contribution in [-0.4, -0.2) is 40.1 Å². The van der Waals surface area contributed by atoms with Crippen LogP contribution in [0.1, 0.15) is 16.8 Å². The summed E-state index contributed by atoms with van der Waals surface area (Å²) in [5.74, 6) is -0.0230. The average Bonchev–Trinajstić information content (AvgIpc) is 2.84. The van der Waals surface area contributed by atoms with Gasteiger partial charge < -0.3 is 10.0 Å². The number of fused-ring (bicyclic) bond motifs is 1. The molecule has 18 heavy (non-hydrogen) atoms. The minimum absolute atomic E-state index is 0.0230. The Balaban J connectivity index is 2.01. The number of benzene rings is 1. The van der Waals surface area contributed by atoms with Crippen LogP contribution in [0.4, 0.5) is 0 Å². The van der Waals surface area contributed by atoms with E-state index in [9.17, 15) is 9.90 Å². The predicted molar refractivity (Wildman–Crippen MR) is 68.3 cm³/mol. The molecule has 2 heterocycles. The molecule has 1 amide bonds. The van der Waals surface area contributed by atoms with Crippen molar-refractivity contribution in [3.63, 3.8) is 0 Å². The van der Waals surface area contributed by atoms with Crippen LogP contribution in [0.15, 0.2) is 36.5 Å². The Morgan fingerprint density at radius 3 is 3.00 bits per heavy atom. The van der Waals surface area contributed by atoms with E-state index < -0.39 is 0 Å². The molecular weight excluding hydrogens is 228 g/mol. The second-order valence-corrected chi connectivity index (χ2v) is 4.57. The monoisotopic (exact) mass is 242 g/mol. The van der Waals surface area contributed by atoms with Crippen molar-refractivity contribution < 1.29 is 9.90 Å². The van der Waals surface area contributed by atoms with Crippen LogP contribution in [-0.2, 0) is 0 Å². The molecular formula is C14H14N2O2. The number of pyridine rings is 1. The summed E-state index contributed by atoms with van der Waals surface area (Å²) < 4.78 is 0. The fourth-order valence-corrected chi connectivity index (χ4v) is 2.39. The van der Waals surface area contributed by atoms with Gasteiger partial charge in [-0.2, -0.15) is 0 Å². The first kappa shape index (κ1) is 11.2. The van der Waals surface area contributed by atoms with Gasteiger partial charge in [-0.1, -0.05) is 12.1 Å². The van der Waals surface area contributed by atoms with Crippen molar-refractivity contribution in [2.24, 2.45) is 0 Å². The zero-order valence-corrected chi connectivity index (χ0v) is 9.91. The summed E-state index contributed by atoms with van der Waals surface area (Å²) in [5.41, 5.74) is 1.48. The van der Waals surface area contributed by atoms with Crippen LogP contribution in [0.5, 0.6) is 0 Å². The van der Waals surface area contributed by atoms with Gasteiger partial charge in [-0.05, 0) is 24.6 Å².